The standard InChI is InChI=1S/C16H14Br2ClNO2/c1-22-11-7-8-13(12(19)9-11)20-16(21)15(18)14(17)10-5-3-2-4-6-10/h2-9,14-15H,1H3,(H,20,21). The Labute approximate surface area is 151 Å². The van der Waals surface area contributed by atoms with Crippen LogP contribution in [0, 0.1) is 0 Å². The van der Waals surface area contributed by atoms with Crippen molar-refractivity contribution in [3.63, 3.8) is 0 Å². The number of anilines is 1. The average molecular weight is 448 g/mol. The molecule has 0 aliphatic rings. The van der Waals surface area contributed by atoms with E-state index in [0.717, 1.165) is 5.56 Å². The van der Waals surface area contributed by atoms with Crippen LogP contribution in [0.5, 0.6) is 5.75 Å². The van der Waals surface area contributed by atoms with Crippen LogP contribution in [0.4, 0.5) is 5.69 Å². The van der Waals surface area contributed by atoms with Gasteiger partial charge < -0.3 is 10.1 Å². The first-order valence-electron chi connectivity index (χ1n) is 6.50. The lowest BCUT2D eigenvalue weighted by molar-refractivity contribution is -0.115. The number of rotatable bonds is 5. The van der Waals surface area contributed by atoms with Crippen LogP contribution in [0.15, 0.2) is 48.5 Å². The first kappa shape index (κ1) is 17.3. The van der Waals surface area contributed by atoms with Crippen molar-refractivity contribution in [2.24, 2.45) is 0 Å². The maximum atomic E-state index is 12.4. The van der Waals surface area contributed by atoms with E-state index in [2.05, 4.69) is 37.2 Å². The normalized spacial score (nSPS) is 13.3. The van der Waals surface area contributed by atoms with E-state index in [1.54, 1.807) is 25.3 Å². The highest BCUT2D eigenvalue weighted by Crippen LogP contribution is 2.33. The molecule has 0 spiro atoms. The van der Waals surface area contributed by atoms with Crippen molar-refractivity contribution >= 4 is 55.1 Å². The molecule has 0 saturated heterocycles. The molecule has 2 rings (SSSR count). The summed E-state index contributed by atoms with van der Waals surface area (Å²) in [5.41, 5.74) is 1.56. The molecule has 1 N–H and O–H groups in total. The van der Waals surface area contributed by atoms with Crippen molar-refractivity contribution in [3.05, 3.63) is 59.1 Å². The van der Waals surface area contributed by atoms with Gasteiger partial charge in [-0.25, -0.2) is 0 Å². The van der Waals surface area contributed by atoms with E-state index in [-0.39, 0.29) is 10.7 Å². The highest BCUT2D eigenvalue weighted by molar-refractivity contribution is 9.12. The zero-order valence-electron chi connectivity index (χ0n) is 11.7. The number of halogens is 3. The fraction of sp³-hybridized carbons (Fsp3) is 0.188. The van der Waals surface area contributed by atoms with Gasteiger partial charge in [-0.15, -0.1) is 0 Å². The number of ether oxygens (including phenoxy) is 1. The smallest absolute Gasteiger partial charge is 0.239 e. The van der Waals surface area contributed by atoms with E-state index in [0.29, 0.717) is 16.5 Å². The summed E-state index contributed by atoms with van der Waals surface area (Å²) in [5.74, 6) is 0.457. The lowest BCUT2D eigenvalue weighted by atomic mass is 10.1. The van der Waals surface area contributed by atoms with Crippen LogP contribution in [-0.2, 0) is 4.79 Å². The molecule has 6 heteroatoms. The van der Waals surface area contributed by atoms with E-state index < -0.39 is 4.83 Å². The molecule has 0 aliphatic carbocycles. The predicted molar refractivity (Wildman–Crippen MR) is 97.5 cm³/mol. The average Bonchev–Trinajstić information content (AvgIpc) is 2.56. The number of alkyl halides is 2. The van der Waals surface area contributed by atoms with Crippen molar-refractivity contribution in [2.75, 3.05) is 12.4 Å². The molecule has 0 aliphatic heterocycles. The molecule has 0 fully saturated rings. The summed E-state index contributed by atoms with van der Waals surface area (Å²) in [6.07, 6.45) is 0. The number of amides is 1. The van der Waals surface area contributed by atoms with Crippen LogP contribution < -0.4 is 10.1 Å². The molecule has 0 radical (unpaired) electrons. The van der Waals surface area contributed by atoms with Gasteiger partial charge in [0.1, 0.15) is 10.6 Å². The van der Waals surface area contributed by atoms with E-state index in [1.165, 1.54) is 0 Å². The Balaban J connectivity index is 2.08. The third-order valence-electron chi connectivity index (χ3n) is 3.06. The SMILES string of the molecule is COc1ccc(NC(=O)C(Br)C(Br)c2ccccc2)c(Cl)c1. The van der Waals surface area contributed by atoms with E-state index in [4.69, 9.17) is 16.3 Å². The van der Waals surface area contributed by atoms with Crippen LogP contribution in [0.2, 0.25) is 5.02 Å². The molecule has 0 bridgehead atoms. The van der Waals surface area contributed by atoms with Crippen LogP contribution in [0.25, 0.3) is 0 Å². The van der Waals surface area contributed by atoms with Crippen molar-refractivity contribution in [2.45, 2.75) is 9.65 Å². The largest absolute Gasteiger partial charge is 0.497 e. The van der Waals surface area contributed by atoms with Crippen molar-refractivity contribution in [1.82, 2.24) is 0 Å². The van der Waals surface area contributed by atoms with Crippen molar-refractivity contribution < 1.29 is 9.53 Å². The number of hydrogen-bond acceptors (Lipinski definition) is 2. The molecule has 0 aromatic heterocycles. The second kappa shape index (κ2) is 7.99. The summed E-state index contributed by atoms with van der Waals surface area (Å²) in [6, 6.07) is 14.8. The first-order chi connectivity index (χ1) is 10.5. The molecule has 3 nitrogen and oxygen atoms in total. The van der Waals surface area contributed by atoms with Crippen molar-refractivity contribution in [3.8, 4) is 5.75 Å². The second-order valence-electron chi connectivity index (χ2n) is 4.55. The Morgan fingerprint density at radius 1 is 1.18 bits per heavy atom. The molecular weight excluding hydrogens is 433 g/mol. The van der Waals surface area contributed by atoms with Crippen LogP contribution in [0.3, 0.4) is 0 Å². The zero-order chi connectivity index (χ0) is 16.1. The Morgan fingerprint density at radius 2 is 1.86 bits per heavy atom. The summed E-state index contributed by atoms with van der Waals surface area (Å²) < 4.78 is 5.08. The number of carbonyl (C=O) groups is 1. The molecule has 2 aromatic rings. The van der Waals surface area contributed by atoms with Gasteiger partial charge >= 0.3 is 0 Å². The fourth-order valence-corrected chi connectivity index (χ4v) is 3.05. The number of benzene rings is 2. The molecule has 116 valence electrons. The maximum absolute atomic E-state index is 12.4. The van der Waals surface area contributed by atoms with Gasteiger partial charge in [0.25, 0.3) is 0 Å². The molecule has 2 aromatic carbocycles. The number of carbonyl (C=O) groups excluding carboxylic acids is 1. The van der Waals surface area contributed by atoms with Gasteiger partial charge in [0.05, 0.1) is 22.6 Å². The minimum absolute atomic E-state index is 0.147. The predicted octanol–water partition coefficient (Wildman–Crippen LogP) is 5.19. The lowest BCUT2D eigenvalue weighted by Crippen LogP contribution is -2.26. The second-order valence-corrected chi connectivity index (χ2v) is 6.93. The highest BCUT2D eigenvalue weighted by atomic mass is 79.9. The van der Waals surface area contributed by atoms with E-state index in [1.807, 2.05) is 30.3 Å². The van der Waals surface area contributed by atoms with Gasteiger partial charge in [-0.2, -0.15) is 0 Å². The fourth-order valence-electron chi connectivity index (χ4n) is 1.86. The Morgan fingerprint density at radius 3 is 2.45 bits per heavy atom. The molecule has 1 amide bonds. The topological polar surface area (TPSA) is 38.3 Å². The van der Waals surface area contributed by atoms with Gasteiger partial charge in [-0.3, -0.25) is 4.79 Å². The van der Waals surface area contributed by atoms with Crippen LogP contribution in [0.1, 0.15) is 10.4 Å². The first-order valence-corrected chi connectivity index (χ1v) is 8.71. The van der Waals surface area contributed by atoms with Gasteiger partial charge in [0, 0.05) is 6.07 Å². The summed E-state index contributed by atoms with van der Waals surface area (Å²) in [5, 5.41) is 3.24. The molecule has 0 saturated carbocycles. The van der Waals surface area contributed by atoms with Gasteiger partial charge in [0.15, 0.2) is 0 Å². The number of hydrogen-bond donors (Lipinski definition) is 1. The molecule has 2 unspecified atom stereocenters. The minimum Gasteiger partial charge on any atom is -0.497 e. The van der Waals surface area contributed by atoms with Gasteiger partial charge in [-0.1, -0.05) is 73.8 Å². The Kier molecular flexibility index (Phi) is 6.29. The third-order valence-corrected chi connectivity index (χ3v) is 6.08. The lowest BCUT2D eigenvalue weighted by Gasteiger charge is -2.17. The highest BCUT2D eigenvalue weighted by Gasteiger charge is 2.25. The maximum Gasteiger partial charge on any atom is 0.239 e. The number of nitrogens with one attached hydrogen (secondary N) is 1. The monoisotopic (exact) mass is 445 g/mol. The van der Waals surface area contributed by atoms with Crippen LogP contribution in [-0.4, -0.2) is 17.8 Å². The summed E-state index contributed by atoms with van der Waals surface area (Å²) in [7, 11) is 1.56. The summed E-state index contributed by atoms with van der Waals surface area (Å²) >= 11 is 13.1. The van der Waals surface area contributed by atoms with Crippen molar-refractivity contribution in [1.29, 1.82) is 0 Å². The summed E-state index contributed by atoms with van der Waals surface area (Å²) in [4.78, 5) is 11.8. The molecule has 2 atom stereocenters. The minimum atomic E-state index is -0.437. The quantitative estimate of drug-likeness (QED) is 0.641. The van der Waals surface area contributed by atoms with Gasteiger partial charge in [-0.05, 0) is 17.7 Å². The van der Waals surface area contributed by atoms with Crippen LogP contribution >= 0.6 is 43.5 Å². The summed E-state index contributed by atoms with van der Waals surface area (Å²) in [6.45, 7) is 0. The Bertz CT molecular complexity index is 652. The van der Waals surface area contributed by atoms with E-state index in [9.17, 15) is 4.79 Å². The van der Waals surface area contributed by atoms with Gasteiger partial charge in [0.2, 0.25) is 5.91 Å². The number of methoxy groups -OCH3 is 1. The zero-order valence-corrected chi connectivity index (χ0v) is 15.7. The van der Waals surface area contributed by atoms with E-state index >= 15 is 0 Å². The molecule has 0 heterocycles. The Hall–Kier alpha value is -1.04. The molecular formula is C16H14Br2ClNO2. The third kappa shape index (κ3) is 4.24. The molecule has 22 heavy (non-hydrogen) atoms.